The molecule has 1 aromatic carbocycles. The minimum atomic E-state index is -3.06. The van der Waals surface area contributed by atoms with Crippen molar-refractivity contribution in [1.82, 2.24) is 10.2 Å². The Labute approximate surface area is 154 Å². The van der Waals surface area contributed by atoms with Crippen LogP contribution in [0.4, 0.5) is 0 Å². The molecule has 0 spiro atoms. The Morgan fingerprint density at radius 3 is 2.58 bits per heavy atom. The molecule has 0 radical (unpaired) electrons. The quantitative estimate of drug-likeness (QED) is 0.799. The van der Waals surface area contributed by atoms with Crippen molar-refractivity contribution in [3.63, 3.8) is 0 Å². The maximum absolute atomic E-state index is 12.6. The normalized spacial score (nSPS) is 21.8. The lowest BCUT2D eigenvalue weighted by Gasteiger charge is -2.27. The zero-order chi connectivity index (χ0) is 18.6. The summed E-state index contributed by atoms with van der Waals surface area (Å²) >= 11 is 0. The van der Waals surface area contributed by atoms with E-state index < -0.39 is 15.4 Å². The van der Waals surface area contributed by atoms with Crippen LogP contribution in [-0.4, -0.2) is 42.8 Å². The Bertz CT molecular complexity index is 834. The smallest absolute Gasteiger partial charge is 0.234 e. The monoisotopic (exact) mass is 376 g/mol. The molecule has 7 heteroatoms. The van der Waals surface area contributed by atoms with Gasteiger partial charge in [0.15, 0.2) is 9.84 Å². The Balaban J connectivity index is 1.65. The summed E-state index contributed by atoms with van der Waals surface area (Å²) in [5.41, 5.74) is 0.417. The minimum Gasteiger partial charge on any atom is -0.468 e. The number of furan rings is 1. The number of nitrogens with zero attached hydrogens (tertiary/aromatic N) is 1. The average Bonchev–Trinajstić information content (AvgIpc) is 3.15. The molecule has 0 aliphatic carbocycles. The average molecular weight is 376 g/mol. The van der Waals surface area contributed by atoms with Crippen LogP contribution in [0.2, 0.25) is 0 Å². The van der Waals surface area contributed by atoms with Crippen molar-refractivity contribution >= 4 is 15.7 Å². The van der Waals surface area contributed by atoms with E-state index in [1.54, 1.807) is 13.2 Å². The number of sulfone groups is 1. The molecule has 1 aliphatic heterocycles. The van der Waals surface area contributed by atoms with Gasteiger partial charge in [-0.05, 0) is 31.0 Å². The third-order valence-electron chi connectivity index (χ3n) is 4.52. The fourth-order valence-corrected chi connectivity index (χ4v) is 5.41. The molecule has 3 rings (SSSR count). The van der Waals surface area contributed by atoms with Crippen molar-refractivity contribution < 1.29 is 17.6 Å². The molecule has 0 saturated carbocycles. The van der Waals surface area contributed by atoms with Crippen LogP contribution < -0.4 is 5.32 Å². The first kappa shape index (κ1) is 18.7. The molecule has 1 saturated heterocycles. The van der Waals surface area contributed by atoms with Crippen molar-refractivity contribution in [2.24, 2.45) is 0 Å². The highest BCUT2D eigenvalue weighted by atomic mass is 32.2. The summed E-state index contributed by atoms with van der Waals surface area (Å²) < 4.78 is 28.9. The van der Waals surface area contributed by atoms with Crippen molar-refractivity contribution in [3.8, 4) is 0 Å². The third-order valence-corrected chi connectivity index (χ3v) is 6.42. The Hall–Kier alpha value is -2.12. The largest absolute Gasteiger partial charge is 0.468 e. The van der Waals surface area contributed by atoms with Gasteiger partial charge < -0.3 is 9.73 Å². The summed E-state index contributed by atoms with van der Waals surface area (Å²) in [5, 5.41) is 2.92. The van der Waals surface area contributed by atoms with E-state index in [9.17, 15) is 13.2 Å². The van der Waals surface area contributed by atoms with E-state index in [-0.39, 0.29) is 24.0 Å². The number of nitrogens with one attached hydrogen (secondary N) is 1. The molecule has 26 heavy (non-hydrogen) atoms. The molecule has 2 aromatic rings. The Kier molecular flexibility index (Phi) is 5.48. The second-order valence-corrected chi connectivity index (χ2v) is 9.35. The first-order valence-corrected chi connectivity index (χ1v) is 10.5. The fraction of sp³-hybridized carbons (Fsp3) is 0.421. The van der Waals surface area contributed by atoms with Gasteiger partial charge in [0.05, 0.1) is 36.4 Å². The predicted octanol–water partition coefficient (Wildman–Crippen LogP) is 1.98. The molecular weight excluding hydrogens is 352 g/mol. The van der Waals surface area contributed by atoms with Crippen molar-refractivity contribution in [2.75, 3.05) is 18.1 Å². The van der Waals surface area contributed by atoms with Crippen LogP contribution in [0.25, 0.3) is 0 Å². The van der Waals surface area contributed by atoms with Crippen LogP contribution in [0.3, 0.4) is 0 Å². The zero-order valence-electron chi connectivity index (χ0n) is 14.8. The van der Waals surface area contributed by atoms with Gasteiger partial charge >= 0.3 is 0 Å². The van der Waals surface area contributed by atoms with Crippen LogP contribution in [0.15, 0.2) is 53.1 Å². The lowest BCUT2D eigenvalue weighted by Crippen LogP contribution is -2.50. The van der Waals surface area contributed by atoms with E-state index in [1.807, 2.05) is 47.4 Å². The van der Waals surface area contributed by atoms with Gasteiger partial charge in [-0.15, -0.1) is 0 Å². The van der Waals surface area contributed by atoms with Crippen LogP contribution in [0.5, 0.6) is 0 Å². The summed E-state index contributed by atoms with van der Waals surface area (Å²) in [6.07, 6.45) is 2.07. The number of carbonyl (C=O) groups excluding carboxylic acids is 1. The molecule has 1 N–H and O–H groups in total. The molecule has 0 bridgehead atoms. The van der Waals surface area contributed by atoms with Crippen molar-refractivity contribution in [2.45, 2.75) is 32.0 Å². The lowest BCUT2D eigenvalue weighted by atomic mass is 10.0. The molecule has 1 amide bonds. The number of rotatable bonds is 7. The zero-order valence-corrected chi connectivity index (χ0v) is 15.7. The van der Waals surface area contributed by atoms with Gasteiger partial charge in [-0.3, -0.25) is 9.69 Å². The summed E-state index contributed by atoms with van der Waals surface area (Å²) in [4.78, 5) is 14.5. The highest BCUT2D eigenvalue weighted by Gasteiger charge is 2.39. The fourth-order valence-electron chi connectivity index (χ4n) is 3.32. The van der Waals surface area contributed by atoms with E-state index in [0.717, 1.165) is 11.3 Å². The summed E-state index contributed by atoms with van der Waals surface area (Å²) in [7, 11) is -3.06. The first-order chi connectivity index (χ1) is 12.3. The predicted molar refractivity (Wildman–Crippen MR) is 99.1 cm³/mol. The van der Waals surface area contributed by atoms with Gasteiger partial charge in [0.25, 0.3) is 0 Å². The van der Waals surface area contributed by atoms with Crippen LogP contribution >= 0.6 is 0 Å². The van der Waals surface area contributed by atoms with E-state index in [0.29, 0.717) is 19.5 Å². The molecule has 1 fully saturated rings. The van der Waals surface area contributed by atoms with Gasteiger partial charge in [-0.25, -0.2) is 8.42 Å². The van der Waals surface area contributed by atoms with Gasteiger partial charge in [0.1, 0.15) is 5.76 Å². The highest BCUT2D eigenvalue weighted by molar-refractivity contribution is 7.91. The summed E-state index contributed by atoms with van der Waals surface area (Å²) in [6, 6.07) is 13.6. The molecule has 140 valence electrons. The second-order valence-electron chi connectivity index (χ2n) is 7.16. The standard InChI is InChI=1S/C19H24N2O4S/c1-19(9-11-26(23,24)15-19)20-18(22)14-21(13-17-8-5-10-25-17)12-16-6-3-2-4-7-16/h2-8,10H,9,11-15H2,1H3,(H,20,22)/t19-/m0/s1. The number of hydrogen-bond donors (Lipinski definition) is 1. The number of amides is 1. The third kappa shape index (κ3) is 5.19. The summed E-state index contributed by atoms with van der Waals surface area (Å²) in [6.45, 7) is 3.07. The van der Waals surface area contributed by atoms with Crippen LogP contribution in [0, 0.1) is 0 Å². The van der Waals surface area contributed by atoms with Crippen LogP contribution in [0.1, 0.15) is 24.7 Å². The lowest BCUT2D eigenvalue weighted by molar-refractivity contribution is -0.124. The van der Waals surface area contributed by atoms with E-state index >= 15 is 0 Å². The van der Waals surface area contributed by atoms with Crippen molar-refractivity contribution in [1.29, 1.82) is 0 Å². The van der Waals surface area contributed by atoms with E-state index in [4.69, 9.17) is 4.42 Å². The maximum Gasteiger partial charge on any atom is 0.234 e. The molecule has 1 atom stereocenters. The molecule has 2 heterocycles. The van der Waals surface area contributed by atoms with Gasteiger partial charge in [0, 0.05) is 6.54 Å². The Morgan fingerprint density at radius 2 is 1.96 bits per heavy atom. The van der Waals surface area contributed by atoms with Gasteiger partial charge in [-0.1, -0.05) is 30.3 Å². The molecular formula is C19H24N2O4S. The molecule has 1 aliphatic rings. The van der Waals surface area contributed by atoms with Crippen LogP contribution in [-0.2, 0) is 27.7 Å². The van der Waals surface area contributed by atoms with Gasteiger partial charge in [0.2, 0.25) is 5.91 Å². The topological polar surface area (TPSA) is 79.6 Å². The van der Waals surface area contributed by atoms with Crippen molar-refractivity contribution in [3.05, 3.63) is 60.1 Å². The number of benzene rings is 1. The molecule has 1 aromatic heterocycles. The first-order valence-electron chi connectivity index (χ1n) is 8.64. The number of carbonyl (C=O) groups is 1. The highest BCUT2D eigenvalue weighted by Crippen LogP contribution is 2.22. The van der Waals surface area contributed by atoms with E-state index in [2.05, 4.69) is 5.32 Å². The second kappa shape index (κ2) is 7.63. The minimum absolute atomic E-state index is 0.00259. The SMILES string of the molecule is C[C@]1(NC(=O)CN(Cc2ccccc2)Cc2ccco2)CCS(=O)(=O)C1. The number of hydrogen-bond acceptors (Lipinski definition) is 5. The van der Waals surface area contributed by atoms with E-state index in [1.165, 1.54) is 0 Å². The molecule has 0 unspecified atom stereocenters. The summed E-state index contributed by atoms with van der Waals surface area (Å²) in [5.74, 6) is 0.738. The maximum atomic E-state index is 12.6. The van der Waals surface area contributed by atoms with Gasteiger partial charge in [-0.2, -0.15) is 0 Å². The Morgan fingerprint density at radius 1 is 1.19 bits per heavy atom. The molecule has 6 nitrogen and oxygen atoms in total.